The summed E-state index contributed by atoms with van der Waals surface area (Å²) in [7, 11) is 2.96. The fourth-order valence-electron chi connectivity index (χ4n) is 5.09. The summed E-state index contributed by atoms with van der Waals surface area (Å²) in [6, 6.07) is 13.8. The summed E-state index contributed by atoms with van der Waals surface area (Å²) in [6.07, 6.45) is 5.09. The molecule has 0 saturated heterocycles. The van der Waals surface area contributed by atoms with Gasteiger partial charge in [-0.3, -0.25) is 4.79 Å². The molecule has 5 rings (SSSR count). The number of carbonyl (C=O) groups excluding carboxylic acids is 1. The number of methoxy groups -OCH3 is 2. The van der Waals surface area contributed by atoms with E-state index in [0.717, 1.165) is 33.2 Å². The van der Waals surface area contributed by atoms with Crippen molar-refractivity contribution < 1.29 is 34.3 Å². The number of ether oxygens (including phenoxy) is 3. The number of H-pyrrole nitrogens is 1. The van der Waals surface area contributed by atoms with Crippen LogP contribution < -0.4 is 19.5 Å². The monoisotopic (exact) mass is 530 g/mol. The fourth-order valence-corrected chi connectivity index (χ4v) is 5.09. The lowest BCUT2D eigenvalue weighted by Crippen LogP contribution is -2.24. The molecule has 0 unspecified atom stereocenters. The first-order chi connectivity index (χ1) is 18.9. The number of aromatic nitrogens is 1. The summed E-state index contributed by atoms with van der Waals surface area (Å²) in [4.78, 5) is 15.8. The standard InChI is InChI=1S/C30H30N2O7/c1-37-24-13-17(3-7-21(24)34)4-10-27(36)31-12-11-19-15-32-20-6-9-23-30(28(19)20)29(26(16-33)39-23)18-5-8-22(35)25(14-18)38-2/h3-10,13-15,26,29,32-35H,11-12,16H2,1-2H3,(H,31,36)/b10-4+/t26-,29-/m0/s1. The topological polar surface area (TPSA) is 133 Å². The number of aliphatic hydroxyl groups is 1. The second-order valence-corrected chi connectivity index (χ2v) is 9.27. The lowest BCUT2D eigenvalue weighted by Gasteiger charge is -2.19. The number of rotatable bonds is 9. The normalized spacial score (nSPS) is 16.3. The van der Waals surface area contributed by atoms with E-state index in [1.54, 1.807) is 30.3 Å². The van der Waals surface area contributed by atoms with Gasteiger partial charge in [-0.1, -0.05) is 12.1 Å². The minimum atomic E-state index is -0.494. The zero-order chi connectivity index (χ0) is 27.5. The highest BCUT2D eigenvalue weighted by Gasteiger charge is 2.38. The number of amides is 1. The van der Waals surface area contributed by atoms with Gasteiger partial charge in [0.15, 0.2) is 23.0 Å². The molecule has 0 saturated carbocycles. The molecular weight excluding hydrogens is 500 g/mol. The van der Waals surface area contributed by atoms with Crippen LogP contribution >= 0.6 is 0 Å². The zero-order valence-electron chi connectivity index (χ0n) is 21.6. The van der Waals surface area contributed by atoms with Gasteiger partial charge in [-0.2, -0.15) is 0 Å². The van der Waals surface area contributed by atoms with Gasteiger partial charge in [0.05, 0.1) is 26.7 Å². The predicted octanol–water partition coefficient (Wildman–Crippen LogP) is 3.85. The maximum absolute atomic E-state index is 12.5. The Hall–Kier alpha value is -4.63. The molecular formula is C30H30N2O7. The molecule has 0 bridgehead atoms. The summed E-state index contributed by atoms with van der Waals surface area (Å²) >= 11 is 0. The Morgan fingerprint density at radius 3 is 2.54 bits per heavy atom. The van der Waals surface area contributed by atoms with Crippen molar-refractivity contribution in [1.29, 1.82) is 0 Å². The molecule has 0 spiro atoms. The molecule has 5 N–H and O–H groups in total. The second-order valence-electron chi connectivity index (χ2n) is 9.27. The SMILES string of the molecule is COc1cc(/C=C/C(=O)NCCc2c[nH]c3ccc4c(c23)[C@@H](c2ccc(O)c(OC)c2)[C@H](CO)O4)ccc1O. The van der Waals surface area contributed by atoms with Crippen LogP contribution in [0.1, 0.15) is 28.2 Å². The van der Waals surface area contributed by atoms with E-state index in [4.69, 9.17) is 14.2 Å². The highest BCUT2D eigenvalue weighted by atomic mass is 16.5. The van der Waals surface area contributed by atoms with Crippen LogP contribution in [0.2, 0.25) is 0 Å². The smallest absolute Gasteiger partial charge is 0.244 e. The fraction of sp³-hybridized carbons (Fsp3) is 0.233. The molecule has 3 aromatic carbocycles. The minimum Gasteiger partial charge on any atom is -0.504 e. The lowest BCUT2D eigenvalue weighted by molar-refractivity contribution is -0.116. The maximum Gasteiger partial charge on any atom is 0.244 e. The third-order valence-corrected chi connectivity index (χ3v) is 6.96. The van der Waals surface area contributed by atoms with Crippen molar-refractivity contribution in [2.75, 3.05) is 27.4 Å². The van der Waals surface area contributed by atoms with Gasteiger partial charge in [0.2, 0.25) is 5.91 Å². The van der Waals surface area contributed by atoms with Crippen molar-refractivity contribution in [2.45, 2.75) is 18.4 Å². The van der Waals surface area contributed by atoms with Crippen molar-refractivity contribution in [2.24, 2.45) is 0 Å². The number of hydrogen-bond acceptors (Lipinski definition) is 7. The molecule has 2 atom stereocenters. The summed E-state index contributed by atoms with van der Waals surface area (Å²) in [5.74, 6) is 0.919. The van der Waals surface area contributed by atoms with Gasteiger partial charge >= 0.3 is 0 Å². The molecule has 1 aromatic heterocycles. The number of carbonyl (C=O) groups is 1. The van der Waals surface area contributed by atoms with Gasteiger partial charge in [0.25, 0.3) is 0 Å². The molecule has 1 aliphatic heterocycles. The highest BCUT2D eigenvalue weighted by Crippen LogP contribution is 2.48. The number of fused-ring (bicyclic) bond motifs is 3. The minimum absolute atomic E-state index is 0.0341. The first-order valence-electron chi connectivity index (χ1n) is 12.5. The van der Waals surface area contributed by atoms with Crippen molar-refractivity contribution in [1.82, 2.24) is 10.3 Å². The molecule has 0 fully saturated rings. The number of benzene rings is 3. The number of aromatic amines is 1. The third kappa shape index (κ3) is 5.08. The zero-order valence-corrected chi connectivity index (χ0v) is 21.6. The van der Waals surface area contributed by atoms with Crippen LogP contribution in [0.25, 0.3) is 17.0 Å². The number of nitrogens with one attached hydrogen (secondary N) is 2. The van der Waals surface area contributed by atoms with Crippen LogP contribution in [0, 0.1) is 0 Å². The number of phenols is 2. The van der Waals surface area contributed by atoms with Crippen LogP contribution in [0.3, 0.4) is 0 Å². The van der Waals surface area contributed by atoms with Gasteiger partial charge in [0, 0.05) is 35.3 Å². The van der Waals surface area contributed by atoms with Gasteiger partial charge in [0.1, 0.15) is 11.9 Å². The Morgan fingerprint density at radius 2 is 1.79 bits per heavy atom. The largest absolute Gasteiger partial charge is 0.504 e. The summed E-state index contributed by atoms with van der Waals surface area (Å²) in [6.45, 7) is 0.222. The van der Waals surface area contributed by atoms with Gasteiger partial charge in [-0.15, -0.1) is 0 Å². The Morgan fingerprint density at radius 1 is 1.05 bits per heavy atom. The first-order valence-corrected chi connectivity index (χ1v) is 12.5. The van der Waals surface area contributed by atoms with E-state index in [9.17, 15) is 20.1 Å². The van der Waals surface area contributed by atoms with E-state index in [-0.39, 0.29) is 29.9 Å². The van der Waals surface area contributed by atoms with Gasteiger partial charge < -0.3 is 39.8 Å². The van der Waals surface area contributed by atoms with Crippen molar-refractivity contribution in [3.05, 3.63) is 83.1 Å². The maximum atomic E-state index is 12.5. The quantitative estimate of drug-likeness (QED) is 0.208. The van der Waals surface area contributed by atoms with E-state index in [1.165, 1.54) is 26.4 Å². The van der Waals surface area contributed by atoms with Gasteiger partial charge in [-0.25, -0.2) is 0 Å². The molecule has 9 heteroatoms. The van der Waals surface area contributed by atoms with E-state index in [0.29, 0.717) is 30.2 Å². The number of aliphatic hydroxyl groups excluding tert-OH is 1. The van der Waals surface area contributed by atoms with E-state index < -0.39 is 6.10 Å². The molecule has 1 aliphatic rings. The predicted molar refractivity (Wildman–Crippen MR) is 147 cm³/mol. The van der Waals surface area contributed by atoms with Crippen molar-refractivity contribution in [3.63, 3.8) is 0 Å². The number of aromatic hydroxyl groups is 2. The van der Waals surface area contributed by atoms with E-state index in [1.807, 2.05) is 24.4 Å². The van der Waals surface area contributed by atoms with Crippen molar-refractivity contribution in [3.8, 4) is 28.7 Å². The van der Waals surface area contributed by atoms with Crippen molar-refractivity contribution >= 4 is 22.9 Å². The van der Waals surface area contributed by atoms with Crippen LogP contribution in [0.4, 0.5) is 0 Å². The molecule has 2 heterocycles. The number of hydrogen-bond donors (Lipinski definition) is 5. The average molecular weight is 531 g/mol. The van der Waals surface area contributed by atoms with Gasteiger partial charge in [-0.05, 0) is 65.6 Å². The van der Waals surface area contributed by atoms with Crippen LogP contribution in [0.5, 0.6) is 28.7 Å². The molecule has 1 amide bonds. The average Bonchev–Trinajstić information content (AvgIpc) is 3.54. The summed E-state index contributed by atoms with van der Waals surface area (Å²) in [5, 5.41) is 33.9. The van der Waals surface area contributed by atoms with Crippen LogP contribution in [0.15, 0.2) is 60.8 Å². The second kappa shape index (κ2) is 11.0. The first kappa shape index (κ1) is 26.0. The van der Waals surface area contributed by atoms with Crippen LogP contribution in [-0.2, 0) is 11.2 Å². The van der Waals surface area contributed by atoms with Crippen LogP contribution in [-0.4, -0.2) is 59.7 Å². The molecule has 202 valence electrons. The van der Waals surface area contributed by atoms with E-state index in [2.05, 4.69) is 10.3 Å². The van der Waals surface area contributed by atoms with E-state index >= 15 is 0 Å². The Labute approximate surface area is 225 Å². The summed E-state index contributed by atoms with van der Waals surface area (Å²) in [5.41, 5.74) is 4.46. The number of phenolic OH excluding ortho intramolecular Hbond substituents is 2. The molecule has 39 heavy (non-hydrogen) atoms. The Balaban J connectivity index is 1.36. The summed E-state index contributed by atoms with van der Waals surface area (Å²) < 4.78 is 16.5. The lowest BCUT2D eigenvalue weighted by atomic mass is 9.85. The molecule has 0 aliphatic carbocycles. The Bertz CT molecular complexity index is 1540. The highest BCUT2D eigenvalue weighted by molar-refractivity contribution is 5.92. The Kier molecular flexibility index (Phi) is 7.33. The molecule has 4 aromatic rings. The third-order valence-electron chi connectivity index (χ3n) is 6.96. The molecule has 0 radical (unpaired) electrons. The molecule has 9 nitrogen and oxygen atoms in total.